The summed E-state index contributed by atoms with van der Waals surface area (Å²) >= 11 is 0. The van der Waals surface area contributed by atoms with Crippen molar-refractivity contribution in [3.05, 3.63) is 80.9 Å². The molecule has 11 rings (SSSR count). The largest absolute Gasteiger partial charge is 0.493 e. The zero-order valence-electron chi connectivity index (χ0n) is 45.4. The van der Waals surface area contributed by atoms with Crippen LogP contribution in [0.25, 0.3) is 0 Å². The lowest BCUT2D eigenvalue weighted by atomic mass is 9.85. The minimum absolute atomic E-state index is 0.00234. The Hall–Kier alpha value is -6.93. The lowest BCUT2D eigenvalue weighted by molar-refractivity contribution is -0.0363. The number of cyclic esters (lactones) is 2. The quantitative estimate of drug-likeness (QED) is 0.0856. The maximum absolute atomic E-state index is 13.2. The molecule has 21 nitrogen and oxygen atoms in total. The molecule has 416 valence electrons. The average Bonchev–Trinajstić information content (AvgIpc) is 3.67. The van der Waals surface area contributed by atoms with Crippen LogP contribution < -0.4 is 52.7 Å². The van der Waals surface area contributed by atoms with Gasteiger partial charge in [0, 0.05) is 42.3 Å². The Kier molecular flexibility index (Phi) is 18.3. The summed E-state index contributed by atoms with van der Waals surface area (Å²) in [5, 5.41) is 21.7. The standard InChI is InChI=1S/C27H33NO9.C21H21NO7.C6H12O2.C2H3N/c1-14(2)34-12-16(29)11-28-9-8-15-10-19-25(36-13-35-19)26(33-5)20(15)22(28)23-17-6-7-18(31-3)24(32-4)21(17)27(30)37-23;1-24-12-5-4-11-15(18(12)25-2)21(23)29-17(11)16-14-10(6-7-22-16)8-13-19(20(14)26-3)28-9-27-13;1-5(2)7-3-6-4-8-6;1-2-3/h6-7,10,14,16,22-23,29H,8-9,11-13H2,1-5H3;4-5,8,16-17,22H,6-7,9H2,1-3H3;5-6H,3-4H2,1-2H3;1H3. The van der Waals surface area contributed by atoms with E-state index in [0.29, 0.717) is 106 Å². The Balaban J connectivity index is 0.000000173. The third-order valence-electron chi connectivity index (χ3n) is 13.6. The van der Waals surface area contributed by atoms with Crippen molar-refractivity contribution in [2.24, 2.45) is 0 Å². The van der Waals surface area contributed by atoms with E-state index in [1.807, 2.05) is 52.0 Å². The van der Waals surface area contributed by atoms with Crippen molar-refractivity contribution < 1.29 is 85.7 Å². The predicted molar refractivity (Wildman–Crippen MR) is 275 cm³/mol. The van der Waals surface area contributed by atoms with Crippen molar-refractivity contribution in [2.45, 2.75) is 96.2 Å². The van der Waals surface area contributed by atoms with Gasteiger partial charge in [-0.2, -0.15) is 5.26 Å². The van der Waals surface area contributed by atoms with Crippen LogP contribution in [0.4, 0.5) is 0 Å². The van der Waals surface area contributed by atoms with Gasteiger partial charge in [-0.1, -0.05) is 12.1 Å². The summed E-state index contributed by atoms with van der Waals surface area (Å²) in [5.74, 6) is 4.27. The molecule has 0 saturated carbocycles. The second-order valence-electron chi connectivity index (χ2n) is 19.1. The van der Waals surface area contributed by atoms with Crippen molar-refractivity contribution in [1.82, 2.24) is 10.2 Å². The van der Waals surface area contributed by atoms with Crippen molar-refractivity contribution in [1.29, 1.82) is 5.26 Å². The molecule has 1 saturated heterocycles. The molecule has 0 radical (unpaired) electrons. The highest BCUT2D eigenvalue weighted by Crippen LogP contribution is 2.57. The summed E-state index contributed by atoms with van der Waals surface area (Å²) in [4.78, 5) is 28.1. The second-order valence-corrected chi connectivity index (χ2v) is 19.1. The molecule has 0 aromatic heterocycles. The molecule has 1 fully saturated rings. The van der Waals surface area contributed by atoms with Gasteiger partial charge < -0.3 is 81.5 Å². The number of epoxide rings is 1. The number of nitrogens with zero attached hydrogens (tertiary/aromatic N) is 2. The number of fused-ring (bicyclic) bond motifs is 6. The Morgan fingerprint density at radius 2 is 1.21 bits per heavy atom. The van der Waals surface area contributed by atoms with Crippen LogP contribution in [0.5, 0.6) is 57.5 Å². The number of aliphatic hydroxyl groups excluding tert-OH is 1. The minimum atomic E-state index is -0.742. The lowest BCUT2D eigenvalue weighted by Crippen LogP contribution is -2.44. The molecular formula is C56H69N3O18. The van der Waals surface area contributed by atoms with Gasteiger partial charge in [-0.3, -0.25) is 4.90 Å². The summed E-state index contributed by atoms with van der Waals surface area (Å²) in [6.45, 7) is 13.1. The van der Waals surface area contributed by atoms with Gasteiger partial charge in [0.1, 0.15) is 29.4 Å². The summed E-state index contributed by atoms with van der Waals surface area (Å²) in [6.07, 6.45) is 0.288. The first-order valence-electron chi connectivity index (χ1n) is 25.5. The van der Waals surface area contributed by atoms with Gasteiger partial charge in [-0.05, 0) is 82.5 Å². The van der Waals surface area contributed by atoms with Crippen LogP contribution in [0.1, 0.15) is 113 Å². The topological polar surface area (TPSA) is 235 Å². The van der Waals surface area contributed by atoms with Crippen molar-refractivity contribution in [3.8, 4) is 63.6 Å². The number of β-amino-alcohol motifs (C(OH)–C–C–N with tert-alkyl or cyclic N) is 1. The van der Waals surface area contributed by atoms with E-state index in [1.54, 1.807) is 32.4 Å². The maximum atomic E-state index is 13.2. The molecule has 0 bridgehead atoms. The first-order chi connectivity index (χ1) is 37.2. The molecule has 2 N–H and O–H groups in total. The van der Waals surface area contributed by atoms with E-state index in [1.165, 1.54) is 35.4 Å². The molecule has 21 heteroatoms. The summed E-state index contributed by atoms with van der Waals surface area (Å²) in [6, 6.07) is 12.2. The average molecular weight is 1070 g/mol. The Bertz CT molecular complexity index is 2810. The Morgan fingerprint density at radius 1 is 0.701 bits per heavy atom. The van der Waals surface area contributed by atoms with Gasteiger partial charge in [0.05, 0.1) is 98.9 Å². The van der Waals surface area contributed by atoms with Crippen LogP contribution in [0.2, 0.25) is 0 Å². The van der Waals surface area contributed by atoms with E-state index in [2.05, 4.69) is 10.2 Å². The molecule has 6 unspecified atom stereocenters. The fourth-order valence-corrected chi connectivity index (χ4v) is 10.3. The third kappa shape index (κ3) is 11.7. The minimum Gasteiger partial charge on any atom is -0.493 e. The third-order valence-corrected chi connectivity index (χ3v) is 13.6. The van der Waals surface area contributed by atoms with Crippen LogP contribution in [-0.2, 0) is 36.5 Å². The van der Waals surface area contributed by atoms with Crippen LogP contribution >= 0.6 is 0 Å². The normalized spacial score (nSPS) is 20.9. The van der Waals surface area contributed by atoms with Crippen LogP contribution in [0, 0.1) is 11.3 Å². The lowest BCUT2D eigenvalue weighted by Gasteiger charge is -2.41. The molecule has 0 aliphatic carbocycles. The molecule has 6 atom stereocenters. The number of methoxy groups -OCH3 is 6. The molecule has 7 aliphatic rings. The zero-order valence-corrected chi connectivity index (χ0v) is 45.4. The highest BCUT2D eigenvalue weighted by molar-refractivity contribution is 5.99. The number of nitrogens with one attached hydrogen (secondary N) is 1. The highest BCUT2D eigenvalue weighted by Gasteiger charge is 2.48. The molecule has 7 aliphatic heterocycles. The molecule has 4 aromatic rings. The van der Waals surface area contributed by atoms with Crippen molar-refractivity contribution in [3.63, 3.8) is 0 Å². The number of esters is 2. The van der Waals surface area contributed by atoms with E-state index in [4.69, 9.17) is 76.3 Å². The highest BCUT2D eigenvalue weighted by atomic mass is 16.7. The van der Waals surface area contributed by atoms with Gasteiger partial charge in [0.15, 0.2) is 46.0 Å². The van der Waals surface area contributed by atoms with Gasteiger partial charge in [-0.25, -0.2) is 9.59 Å². The van der Waals surface area contributed by atoms with Crippen LogP contribution in [0.3, 0.4) is 0 Å². The number of benzene rings is 4. The van der Waals surface area contributed by atoms with Crippen molar-refractivity contribution >= 4 is 11.9 Å². The van der Waals surface area contributed by atoms with Gasteiger partial charge >= 0.3 is 11.9 Å². The Labute approximate surface area is 448 Å². The predicted octanol–water partition coefficient (Wildman–Crippen LogP) is 6.92. The molecule has 4 aromatic carbocycles. The van der Waals surface area contributed by atoms with E-state index in [0.717, 1.165) is 54.0 Å². The number of nitriles is 1. The molecule has 0 amide bonds. The fraction of sp³-hybridized carbons (Fsp3) is 0.518. The first-order valence-corrected chi connectivity index (χ1v) is 25.5. The summed E-state index contributed by atoms with van der Waals surface area (Å²) in [7, 11) is 9.25. The monoisotopic (exact) mass is 1070 g/mol. The molecule has 7 heterocycles. The van der Waals surface area contributed by atoms with E-state index >= 15 is 0 Å². The fourth-order valence-electron chi connectivity index (χ4n) is 10.3. The number of carbonyl (C=O) groups excluding carboxylic acids is 2. The second kappa shape index (κ2) is 25.0. The summed E-state index contributed by atoms with van der Waals surface area (Å²) in [5.41, 5.74) is 6.02. The SMILES string of the molecule is CC#N.CC(C)OCC1CO1.COc1ccc2c(c1OC)C(=O)OC2C1NCCc2cc3c(c(OC)c21)OCO3.COc1ccc2c(c1OC)C(=O)OC2C1c2c(cc3c(c2OC)OCO3)CCN1CC(O)COC(C)C. The Morgan fingerprint density at radius 3 is 1.71 bits per heavy atom. The number of aliphatic hydroxyl groups is 1. The van der Waals surface area contributed by atoms with Gasteiger partial charge in [0.2, 0.25) is 25.1 Å². The van der Waals surface area contributed by atoms with Crippen LogP contribution in [-0.4, -0.2) is 142 Å². The number of hydrogen-bond acceptors (Lipinski definition) is 21. The van der Waals surface area contributed by atoms with Gasteiger partial charge in [-0.15, -0.1) is 0 Å². The van der Waals surface area contributed by atoms with E-state index in [-0.39, 0.29) is 32.3 Å². The smallest absolute Gasteiger partial charge is 0.343 e. The van der Waals surface area contributed by atoms with Crippen molar-refractivity contribution in [2.75, 3.05) is 95.7 Å². The molecule has 77 heavy (non-hydrogen) atoms. The van der Waals surface area contributed by atoms with Gasteiger partial charge in [0.25, 0.3) is 0 Å². The number of hydrogen-bond donors (Lipinski definition) is 2. The molecule has 0 spiro atoms. The van der Waals surface area contributed by atoms with E-state index in [9.17, 15) is 14.7 Å². The van der Waals surface area contributed by atoms with E-state index < -0.39 is 36.3 Å². The maximum Gasteiger partial charge on any atom is 0.343 e. The zero-order chi connectivity index (χ0) is 55.1. The number of carbonyl (C=O) groups is 2. The number of ether oxygens (including phenoxy) is 15. The van der Waals surface area contributed by atoms with Crippen LogP contribution in [0.15, 0.2) is 36.4 Å². The number of rotatable bonds is 16. The first kappa shape index (κ1) is 56.3. The molecular weight excluding hydrogens is 1000 g/mol. The summed E-state index contributed by atoms with van der Waals surface area (Å²) < 4.78 is 83.6.